The lowest BCUT2D eigenvalue weighted by Crippen LogP contribution is -2.21. The molecule has 2 N–H and O–H groups in total. The van der Waals surface area contributed by atoms with E-state index >= 15 is 0 Å². The molecule has 1 heterocycles. The number of H-pyrrole nitrogens is 1. The Hall–Kier alpha value is -2.15. The van der Waals surface area contributed by atoms with Crippen molar-refractivity contribution >= 4 is 20.9 Å². The Kier molecular flexibility index (Phi) is 5.46. The van der Waals surface area contributed by atoms with Crippen LogP contribution in [0, 0.1) is 0 Å². The van der Waals surface area contributed by atoms with Crippen molar-refractivity contribution in [1.82, 2.24) is 14.6 Å². The van der Waals surface area contributed by atoms with Crippen molar-refractivity contribution in [2.45, 2.75) is 17.2 Å². The van der Waals surface area contributed by atoms with Crippen molar-refractivity contribution in [1.29, 1.82) is 0 Å². The highest BCUT2D eigenvalue weighted by Gasteiger charge is 2.23. The minimum absolute atomic E-state index is 0.206. The Balaban J connectivity index is 2.11. The Bertz CT molecular complexity index is 979. The van der Waals surface area contributed by atoms with Gasteiger partial charge in [0.15, 0.2) is 0 Å². The fourth-order valence-electron chi connectivity index (χ4n) is 3.24. The number of nitrogens with one attached hydrogen (secondary N) is 2. The number of sulfonamides is 1. The van der Waals surface area contributed by atoms with Crippen LogP contribution < -0.4 is 5.32 Å². The standard InChI is InChI=1S/C20H25N3O2S/c1-21-12-11-17(15-7-5-4-6-8-15)16-9-10-19-18(13-16)20(14-22-19)26(24,25)23(2)3/h4-10,13-14,17,21-22H,11-12H2,1-3H3. The van der Waals surface area contributed by atoms with Crippen molar-refractivity contribution in [3.63, 3.8) is 0 Å². The Labute approximate surface area is 155 Å². The number of fused-ring (bicyclic) bond motifs is 1. The molecule has 5 nitrogen and oxygen atoms in total. The second-order valence-corrected chi connectivity index (χ2v) is 8.72. The number of hydrogen-bond acceptors (Lipinski definition) is 3. The second-order valence-electron chi connectivity index (χ2n) is 6.60. The van der Waals surface area contributed by atoms with Crippen molar-refractivity contribution in [2.24, 2.45) is 0 Å². The lowest BCUT2D eigenvalue weighted by atomic mass is 9.88. The monoisotopic (exact) mass is 371 g/mol. The highest BCUT2D eigenvalue weighted by molar-refractivity contribution is 7.89. The van der Waals surface area contributed by atoms with E-state index in [9.17, 15) is 8.42 Å². The quantitative estimate of drug-likeness (QED) is 0.670. The first-order valence-electron chi connectivity index (χ1n) is 8.68. The molecule has 0 aliphatic carbocycles. The zero-order chi connectivity index (χ0) is 18.7. The summed E-state index contributed by atoms with van der Waals surface area (Å²) in [6.07, 6.45) is 2.51. The number of aromatic nitrogens is 1. The van der Waals surface area contributed by atoms with Crippen LogP contribution in [-0.2, 0) is 10.0 Å². The van der Waals surface area contributed by atoms with Gasteiger partial charge < -0.3 is 10.3 Å². The number of hydrogen-bond donors (Lipinski definition) is 2. The number of nitrogens with zero attached hydrogens (tertiary/aromatic N) is 1. The third-order valence-corrected chi connectivity index (χ3v) is 6.57. The maximum absolute atomic E-state index is 12.6. The summed E-state index contributed by atoms with van der Waals surface area (Å²) in [5.41, 5.74) is 3.18. The van der Waals surface area contributed by atoms with Crippen LogP contribution in [0.5, 0.6) is 0 Å². The highest BCUT2D eigenvalue weighted by Crippen LogP contribution is 2.32. The molecule has 0 amide bonds. The summed E-state index contributed by atoms with van der Waals surface area (Å²) in [5.74, 6) is 0.206. The predicted octanol–water partition coefficient (Wildman–Crippen LogP) is 3.16. The van der Waals surface area contributed by atoms with Gasteiger partial charge in [-0.1, -0.05) is 36.4 Å². The largest absolute Gasteiger partial charge is 0.360 e. The zero-order valence-corrected chi connectivity index (χ0v) is 16.2. The maximum Gasteiger partial charge on any atom is 0.244 e. The van der Waals surface area contributed by atoms with Crippen LogP contribution >= 0.6 is 0 Å². The van der Waals surface area contributed by atoms with Crippen LogP contribution in [0.25, 0.3) is 10.9 Å². The van der Waals surface area contributed by atoms with Gasteiger partial charge in [0.1, 0.15) is 4.90 Å². The van der Waals surface area contributed by atoms with E-state index in [0.29, 0.717) is 4.90 Å². The molecule has 2 aromatic carbocycles. The molecule has 6 heteroatoms. The van der Waals surface area contributed by atoms with Gasteiger partial charge in [0.25, 0.3) is 0 Å². The Morgan fingerprint density at radius 1 is 1.08 bits per heavy atom. The average Bonchev–Trinajstić information content (AvgIpc) is 3.07. The summed E-state index contributed by atoms with van der Waals surface area (Å²) in [6.45, 7) is 0.883. The number of aromatic amines is 1. The molecule has 138 valence electrons. The molecule has 0 fully saturated rings. The summed E-state index contributed by atoms with van der Waals surface area (Å²) in [4.78, 5) is 3.40. The number of rotatable bonds is 7. The molecule has 26 heavy (non-hydrogen) atoms. The Morgan fingerprint density at radius 3 is 2.46 bits per heavy atom. The molecule has 1 unspecified atom stereocenters. The van der Waals surface area contributed by atoms with Crippen LogP contribution in [0.2, 0.25) is 0 Å². The molecule has 1 atom stereocenters. The molecule has 0 saturated heterocycles. The van der Waals surface area contributed by atoms with Gasteiger partial charge in [-0.05, 0) is 43.3 Å². The van der Waals surface area contributed by atoms with E-state index in [1.807, 2.05) is 37.4 Å². The topological polar surface area (TPSA) is 65.2 Å². The highest BCUT2D eigenvalue weighted by atomic mass is 32.2. The molecule has 1 aromatic heterocycles. The molecule has 3 aromatic rings. The Morgan fingerprint density at radius 2 is 1.81 bits per heavy atom. The first kappa shape index (κ1) is 18.6. The van der Waals surface area contributed by atoms with Gasteiger partial charge in [-0.2, -0.15) is 0 Å². The van der Waals surface area contributed by atoms with Gasteiger partial charge in [0.05, 0.1) is 0 Å². The van der Waals surface area contributed by atoms with Gasteiger partial charge in [0.2, 0.25) is 10.0 Å². The lowest BCUT2D eigenvalue weighted by molar-refractivity contribution is 0.521. The van der Waals surface area contributed by atoms with Crippen LogP contribution in [0.4, 0.5) is 0 Å². The first-order chi connectivity index (χ1) is 12.4. The van der Waals surface area contributed by atoms with E-state index < -0.39 is 10.0 Å². The molecular weight excluding hydrogens is 346 g/mol. The molecule has 0 saturated carbocycles. The lowest BCUT2D eigenvalue weighted by Gasteiger charge is -2.18. The van der Waals surface area contributed by atoms with Crippen LogP contribution in [0.3, 0.4) is 0 Å². The fraction of sp³-hybridized carbons (Fsp3) is 0.300. The number of benzene rings is 2. The van der Waals surface area contributed by atoms with E-state index in [-0.39, 0.29) is 5.92 Å². The first-order valence-corrected chi connectivity index (χ1v) is 10.1. The summed E-state index contributed by atoms with van der Waals surface area (Å²) in [7, 11) is 1.56. The third kappa shape index (κ3) is 3.53. The molecule has 0 spiro atoms. The molecule has 3 rings (SSSR count). The van der Waals surface area contributed by atoms with Crippen LogP contribution in [0.15, 0.2) is 59.6 Å². The van der Waals surface area contributed by atoms with Gasteiger partial charge in [-0.15, -0.1) is 0 Å². The molecular formula is C20H25N3O2S. The van der Waals surface area contributed by atoms with Gasteiger partial charge in [-0.25, -0.2) is 12.7 Å². The normalized spacial score (nSPS) is 13.4. The van der Waals surface area contributed by atoms with Crippen LogP contribution in [-0.4, -0.2) is 45.4 Å². The van der Waals surface area contributed by atoms with Crippen molar-refractivity contribution in [2.75, 3.05) is 27.7 Å². The van der Waals surface area contributed by atoms with E-state index in [1.165, 1.54) is 9.87 Å². The van der Waals surface area contributed by atoms with Gasteiger partial charge in [-0.3, -0.25) is 0 Å². The van der Waals surface area contributed by atoms with Crippen LogP contribution in [0.1, 0.15) is 23.5 Å². The predicted molar refractivity (Wildman–Crippen MR) is 106 cm³/mol. The maximum atomic E-state index is 12.6. The minimum atomic E-state index is -3.49. The molecule has 0 radical (unpaired) electrons. The molecule has 0 bridgehead atoms. The summed E-state index contributed by atoms with van der Waals surface area (Å²) < 4.78 is 26.5. The van der Waals surface area contributed by atoms with Crippen molar-refractivity contribution < 1.29 is 8.42 Å². The fourth-order valence-corrected chi connectivity index (χ4v) is 4.29. The molecule has 0 aliphatic heterocycles. The SMILES string of the molecule is CNCCC(c1ccccc1)c1ccc2[nH]cc(S(=O)(=O)N(C)C)c2c1. The van der Waals surface area contributed by atoms with Crippen molar-refractivity contribution in [3.8, 4) is 0 Å². The third-order valence-electron chi connectivity index (χ3n) is 4.71. The summed E-state index contributed by atoms with van der Waals surface area (Å²) >= 11 is 0. The van der Waals surface area contributed by atoms with E-state index in [1.54, 1.807) is 20.3 Å². The average molecular weight is 372 g/mol. The van der Waals surface area contributed by atoms with Crippen molar-refractivity contribution in [3.05, 3.63) is 65.9 Å². The van der Waals surface area contributed by atoms with Gasteiger partial charge in [0, 0.05) is 37.1 Å². The van der Waals surface area contributed by atoms with E-state index in [2.05, 4.69) is 28.5 Å². The smallest absolute Gasteiger partial charge is 0.244 e. The van der Waals surface area contributed by atoms with E-state index in [4.69, 9.17) is 0 Å². The zero-order valence-electron chi connectivity index (χ0n) is 15.4. The van der Waals surface area contributed by atoms with E-state index in [0.717, 1.165) is 29.4 Å². The molecule has 0 aliphatic rings. The van der Waals surface area contributed by atoms with Gasteiger partial charge >= 0.3 is 0 Å². The summed E-state index contributed by atoms with van der Waals surface area (Å²) in [5, 5.41) is 3.95. The minimum Gasteiger partial charge on any atom is -0.360 e. The summed E-state index contributed by atoms with van der Waals surface area (Å²) in [6, 6.07) is 16.4. The second kappa shape index (κ2) is 7.61.